The van der Waals surface area contributed by atoms with E-state index in [1.54, 1.807) is 0 Å². The van der Waals surface area contributed by atoms with Crippen LogP contribution in [0.5, 0.6) is 0 Å². The Morgan fingerprint density at radius 1 is 1.14 bits per heavy atom. The van der Waals surface area contributed by atoms with E-state index in [1.165, 1.54) is 50.1 Å². The molecule has 1 heterocycles. The van der Waals surface area contributed by atoms with Gasteiger partial charge in [0.1, 0.15) is 6.10 Å². The van der Waals surface area contributed by atoms with Crippen LogP contribution >= 0.6 is 16.1 Å². The van der Waals surface area contributed by atoms with Crippen molar-refractivity contribution in [3.63, 3.8) is 0 Å². The first kappa shape index (κ1) is 33.3. The summed E-state index contributed by atoms with van der Waals surface area (Å²) in [6.07, 6.45) is 1.10. The summed E-state index contributed by atoms with van der Waals surface area (Å²) in [5.74, 6) is 1.24. The Hall–Kier alpha value is -1.71. The lowest BCUT2D eigenvalue weighted by Gasteiger charge is -2.36. The number of aromatic amines is 1. The predicted molar refractivity (Wildman–Crippen MR) is 139 cm³/mol. The lowest BCUT2D eigenvalue weighted by atomic mass is 10.3. The van der Waals surface area contributed by atoms with Crippen LogP contribution in [-0.4, -0.2) is 73.6 Å². The fraction of sp³-hybridized carbons (Fsp3) is 0.682. The van der Waals surface area contributed by atoms with E-state index in [9.17, 15) is 14.2 Å². The second-order valence-corrected chi connectivity index (χ2v) is 11.8. The fourth-order valence-corrected chi connectivity index (χ4v) is 5.58. The summed E-state index contributed by atoms with van der Waals surface area (Å²) in [6.45, 7) is 8.09. The fourth-order valence-electron chi connectivity index (χ4n) is 3.17. The average Bonchev–Trinajstić information content (AvgIpc) is 2.84. The lowest BCUT2D eigenvalue weighted by Crippen LogP contribution is -2.37. The minimum atomic E-state index is -3.54. The summed E-state index contributed by atoms with van der Waals surface area (Å²) >= 11 is 0. The van der Waals surface area contributed by atoms with E-state index in [0.29, 0.717) is 0 Å². The highest BCUT2D eigenvalue weighted by Gasteiger charge is 2.29. The van der Waals surface area contributed by atoms with Crippen LogP contribution in [0.15, 0.2) is 33.7 Å². The van der Waals surface area contributed by atoms with Crippen molar-refractivity contribution >= 4 is 16.1 Å². The van der Waals surface area contributed by atoms with E-state index in [2.05, 4.69) is 4.98 Å². The molecule has 37 heavy (non-hydrogen) atoms. The summed E-state index contributed by atoms with van der Waals surface area (Å²) in [5.41, 5.74) is -1.24. The molecule has 0 saturated heterocycles. The molecule has 1 rings (SSSR count). The van der Waals surface area contributed by atoms with E-state index in [-0.39, 0.29) is 38.3 Å². The van der Waals surface area contributed by atoms with Gasteiger partial charge in [0.15, 0.2) is 6.23 Å². The number of hydrogen-bond acceptors (Lipinski definition) is 11. The Morgan fingerprint density at radius 2 is 1.78 bits per heavy atom. The van der Waals surface area contributed by atoms with Crippen molar-refractivity contribution < 1.29 is 32.1 Å². The molecule has 13 nitrogen and oxygen atoms in total. The summed E-state index contributed by atoms with van der Waals surface area (Å²) in [6, 6.07) is 3.38. The number of nitriles is 1. The molecular formula is C22H38N4O9P2. The average molecular weight is 565 g/mol. The molecule has 0 aliphatic carbocycles. The van der Waals surface area contributed by atoms with Crippen LogP contribution in [0.2, 0.25) is 0 Å². The Bertz CT molecular complexity index is 1020. The Balaban J connectivity index is 3.31. The van der Waals surface area contributed by atoms with Crippen molar-refractivity contribution in [1.82, 2.24) is 14.2 Å². The van der Waals surface area contributed by atoms with Gasteiger partial charge in [0.05, 0.1) is 32.3 Å². The van der Waals surface area contributed by atoms with Crippen LogP contribution in [0, 0.1) is 11.3 Å². The molecule has 1 unspecified atom stereocenters. The van der Waals surface area contributed by atoms with Crippen LogP contribution < -0.4 is 11.2 Å². The molecule has 0 aromatic carbocycles. The summed E-state index contributed by atoms with van der Waals surface area (Å²) < 4.78 is 49.2. The van der Waals surface area contributed by atoms with Gasteiger partial charge >= 0.3 is 13.3 Å². The molecule has 1 aromatic heterocycles. The maximum atomic E-state index is 12.6. The largest absolute Gasteiger partial charge is 0.380 e. The molecule has 210 valence electrons. The maximum Gasteiger partial charge on any atom is 0.353 e. The van der Waals surface area contributed by atoms with Crippen molar-refractivity contribution in [3.05, 3.63) is 45.0 Å². The second kappa shape index (κ2) is 17.0. The van der Waals surface area contributed by atoms with Crippen LogP contribution in [-0.2, 0) is 32.1 Å². The number of aromatic nitrogens is 2. The molecule has 15 heteroatoms. The summed E-state index contributed by atoms with van der Waals surface area (Å²) in [7, 11) is -1.20. The standard InChI is InChI=1S/C22H38N4O9P2/c1-17(2)26(18(3)4)36(33-13-8-11-23)34-15-19(10-14-37(29,31-6)32-7)35-21(16-30-5)25-12-9-20(27)24-22(25)28/h9-10,12,14,17-19,21H,8,13,15-16H2,1-7H3,(H,24,27,28)/b14-10+/t19-,21-,36?/m1/s1. The van der Waals surface area contributed by atoms with Gasteiger partial charge in [0.2, 0.25) is 0 Å². The molecule has 3 atom stereocenters. The molecule has 0 bridgehead atoms. The molecular weight excluding hydrogens is 526 g/mol. The van der Waals surface area contributed by atoms with Crippen LogP contribution in [0.25, 0.3) is 0 Å². The van der Waals surface area contributed by atoms with Gasteiger partial charge in [-0.05, 0) is 33.8 Å². The topological polar surface area (TPSA) is 154 Å². The summed E-state index contributed by atoms with van der Waals surface area (Å²) in [4.78, 5) is 26.1. The Morgan fingerprint density at radius 3 is 2.30 bits per heavy atom. The first-order valence-electron chi connectivity index (χ1n) is 11.6. The zero-order chi connectivity index (χ0) is 28.0. The van der Waals surface area contributed by atoms with Gasteiger partial charge in [-0.3, -0.25) is 18.9 Å². The van der Waals surface area contributed by atoms with E-state index >= 15 is 0 Å². The van der Waals surface area contributed by atoms with Gasteiger partial charge < -0.3 is 27.6 Å². The zero-order valence-corrected chi connectivity index (χ0v) is 24.1. The van der Waals surface area contributed by atoms with E-state index in [4.69, 9.17) is 32.8 Å². The van der Waals surface area contributed by atoms with Gasteiger partial charge in [-0.2, -0.15) is 5.26 Å². The van der Waals surface area contributed by atoms with Gasteiger partial charge in [-0.15, -0.1) is 0 Å². The highest BCUT2D eigenvalue weighted by molar-refractivity contribution is 7.57. The molecule has 0 radical (unpaired) electrons. The van der Waals surface area contributed by atoms with Crippen LogP contribution in [0.4, 0.5) is 0 Å². The predicted octanol–water partition coefficient (Wildman–Crippen LogP) is 3.36. The number of methoxy groups -OCH3 is 1. The van der Waals surface area contributed by atoms with Gasteiger partial charge in [-0.1, -0.05) is 0 Å². The van der Waals surface area contributed by atoms with Crippen LogP contribution in [0.1, 0.15) is 40.3 Å². The van der Waals surface area contributed by atoms with Crippen molar-refractivity contribution in [1.29, 1.82) is 5.26 Å². The SMILES string of the molecule is COC[C@@H](O[C@H](/C=C/P(=O)(OC)OC)COP(OCCC#N)N(C(C)C)C(C)C)n1ccc(=O)[nH]c1=O. The quantitative estimate of drug-likeness (QED) is 0.206. The third-order valence-corrected chi connectivity index (χ3v) is 8.44. The minimum Gasteiger partial charge on any atom is -0.380 e. The van der Waals surface area contributed by atoms with Gasteiger partial charge in [-0.25, -0.2) is 9.46 Å². The monoisotopic (exact) mass is 564 g/mol. The van der Waals surface area contributed by atoms with Crippen molar-refractivity contribution in [2.24, 2.45) is 0 Å². The number of H-pyrrole nitrogens is 1. The third-order valence-electron chi connectivity index (χ3n) is 4.81. The van der Waals surface area contributed by atoms with E-state index in [0.717, 1.165) is 0 Å². The smallest absolute Gasteiger partial charge is 0.353 e. The highest BCUT2D eigenvalue weighted by atomic mass is 31.2. The molecule has 0 fully saturated rings. The van der Waals surface area contributed by atoms with Gasteiger partial charge in [0.25, 0.3) is 14.1 Å². The van der Waals surface area contributed by atoms with Crippen LogP contribution in [0.3, 0.4) is 0 Å². The third kappa shape index (κ3) is 11.3. The number of ether oxygens (including phenoxy) is 2. The minimum absolute atomic E-state index is 0.0416. The first-order valence-corrected chi connectivity index (χ1v) is 14.3. The zero-order valence-electron chi connectivity index (χ0n) is 22.4. The van der Waals surface area contributed by atoms with Crippen molar-refractivity contribution in [2.45, 2.75) is 58.5 Å². The van der Waals surface area contributed by atoms with Crippen molar-refractivity contribution in [3.8, 4) is 6.07 Å². The lowest BCUT2D eigenvalue weighted by molar-refractivity contribution is -0.0856. The van der Waals surface area contributed by atoms with E-state index in [1.807, 2.05) is 38.4 Å². The molecule has 0 aliphatic rings. The first-order chi connectivity index (χ1) is 17.5. The van der Waals surface area contributed by atoms with E-state index < -0.39 is 39.7 Å². The molecule has 1 N–H and O–H groups in total. The number of hydrogen-bond donors (Lipinski definition) is 1. The number of nitrogens with one attached hydrogen (secondary N) is 1. The van der Waals surface area contributed by atoms with Gasteiger partial charge in [0, 0.05) is 51.5 Å². The molecule has 0 saturated carbocycles. The number of rotatable bonds is 18. The molecule has 0 spiro atoms. The molecule has 0 aliphatic heterocycles. The second-order valence-electron chi connectivity index (χ2n) is 8.19. The van der Waals surface area contributed by atoms with Crippen molar-refractivity contribution in [2.75, 3.05) is 41.2 Å². The summed E-state index contributed by atoms with van der Waals surface area (Å²) in [5, 5.41) is 8.93. The molecule has 0 amide bonds. The number of nitrogens with zero attached hydrogens (tertiary/aromatic N) is 3. The molecule has 1 aromatic rings. The maximum absolute atomic E-state index is 12.6. The Labute approximate surface area is 218 Å². The Kier molecular flexibility index (Phi) is 15.3. The highest BCUT2D eigenvalue weighted by Crippen LogP contribution is 2.49. The normalized spacial score (nSPS) is 14.9.